The van der Waals surface area contributed by atoms with Gasteiger partial charge in [0, 0.05) is 18.1 Å². The van der Waals surface area contributed by atoms with E-state index in [0.29, 0.717) is 12.1 Å². The van der Waals surface area contributed by atoms with Crippen LogP contribution in [-0.4, -0.2) is 34.6 Å². The molecule has 1 amide bonds. The summed E-state index contributed by atoms with van der Waals surface area (Å²) >= 11 is 1.58. The maximum atomic E-state index is 12.3. The van der Waals surface area contributed by atoms with Gasteiger partial charge in [-0.15, -0.1) is 11.8 Å². The Bertz CT molecular complexity index is 456. The van der Waals surface area contributed by atoms with Gasteiger partial charge >= 0.3 is 0 Å². The highest BCUT2D eigenvalue weighted by molar-refractivity contribution is 7.99. The van der Waals surface area contributed by atoms with E-state index in [1.54, 1.807) is 25.0 Å². The predicted octanol–water partition coefficient (Wildman–Crippen LogP) is 2.57. The highest BCUT2D eigenvalue weighted by Crippen LogP contribution is 2.22. The third-order valence-corrected chi connectivity index (χ3v) is 3.53. The van der Waals surface area contributed by atoms with E-state index in [4.69, 9.17) is 5.26 Å². The third-order valence-electron chi connectivity index (χ3n) is 2.60. The molecule has 0 bridgehead atoms. The van der Waals surface area contributed by atoms with Gasteiger partial charge in [-0.3, -0.25) is 4.79 Å². The molecule has 0 radical (unpaired) electrons. The van der Waals surface area contributed by atoms with Gasteiger partial charge in [0.05, 0.1) is 6.07 Å². The Hall–Kier alpha value is -1.54. The number of carbonyl (C=O) groups is 1. The van der Waals surface area contributed by atoms with E-state index in [2.05, 4.69) is 11.1 Å². The Kier molecular flexibility index (Phi) is 5.66. The Labute approximate surface area is 112 Å². The minimum atomic E-state index is -0.404. The molecule has 0 aliphatic rings. The van der Waals surface area contributed by atoms with Crippen molar-refractivity contribution < 1.29 is 4.79 Å². The minimum Gasteiger partial charge on any atom is -0.324 e. The molecule has 1 aromatic rings. The molecule has 0 saturated heterocycles. The summed E-state index contributed by atoms with van der Waals surface area (Å²) in [6.07, 6.45) is 2.22. The van der Waals surface area contributed by atoms with Crippen LogP contribution in [0.1, 0.15) is 30.8 Å². The summed E-state index contributed by atoms with van der Waals surface area (Å²) in [6, 6.07) is 5.42. The van der Waals surface area contributed by atoms with Crippen molar-refractivity contribution >= 4 is 17.7 Å². The lowest BCUT2D eigenvalue weighted by Gasteiger charge is -2.21. The van der Waals surface area contributed by atoms with Gasteiger partial charge in [-0.1, -0.05) is 13.8 Å². The molecule has 0 aliphatic heterocycles. The van der Waals surface area contributed by atoms with Crippen molar-refractivity contribution in [2.75, 3.05) is 12.8 Å². The van der Waals surface area contributed by atoms with Crippen LogP contribution in [0.25, 0.3) is 0 Å². The molecule has 0 saturated carbocycles. The summed E-state index contributed by atoms with van der Waals surface area (Å²) in [4.78, 5) is 18.8. The Morgan fingerprint density at radius 2 is 2.33 bits per heavy atom. The van der Waals surface area contributed by atoms with Crippen LogP contribution in [0.3, 0.4) is 0 Å². The summed E-state index contributed by atoms with van der Waals surface area (Å²) in [6.45, 7) is 3.91. The van der Waals surface area contributed by atoms with Crippen LogP contribution >= 0.6 is 11.8 Å². The average molecular weight is 263 g/mol. The van der Waals surface area contributed by atoms with Gasteiger partial charge < -0.3 is 4.90 Å². The zero-order valence-electron chi connectivity index (χ0n) is 10.9. The Balaban J connectivity index is 3.00. The Morgan fingerprint density at radius 1 is 1.61 bits per heavy atom. The molecule has 5 heteroatoms. The van der Waals surface area contributed by atoms with E-state index in [-0.39, 0.29) is 5.91 Å². The van der Waals surface area contributed by atoms with Crippen LogP contribution in [-0.2, 0) is 0 Å². The molecule has 1 heterocycles. The van der Waals surface area contributed by atoms with Gasteiger partial charge in [-0.2, -0.15) is 5.26 Å². The van der Waals surface area contributed by atoms with E-state index in [1.165, 1.54) is 4.90 Å². The van der Waals surface area contributed by atoms with E-state index < -0.39 is 6.04 Å². The van der Waals surface area contributed by atoms with Crippen molar-refractivity contribution in [2.45, 2.75) is 31.2 Å². The zero-order chi connectivity index (χ0) is 13.5. The topological polar surface area (TPSA) is 57.0 Å². The number of nitriles is 1. The molecule has 0 spiro atoms. The first-order valence-electron chi connectivity index (χ1n) is 5.90. The number of pyridine rings is 1. The first kappa shape index (κ1) is 14.5. The summed E-state index contributed by atoms with van der Waals surface area (Å²) in [7, 11) is 1.65. The van der Waals surface area contributed by atoms with Gasteiger partial charge in [0.25, 0.3) is 5.91 Å². The number of nitrogens with zero attached hydrogens (tertiary/aromatic N) is 3. The zero-order valence-corrected chi connectivity index (χ0v) is 11.7. The molecule has 1 rings (SSSR count). The molecule has 96 valence electrons. The number of hydrogen-bond acceptors (Lipinski definition) is 4. The molecule has 0 aliphatic carbocycles. The maximum absolute atomic E-state index is 12.3. The minimum absolute atomic E-state index is 0.194. The lowest BCUT2D eigenvalue weighted by atomic mass is 10.2. The fraction of sp³-hybridized carbons (Fsp3) is 0.462. The molecular weight excluding hydrogens is 246 g/mol. The molecule has 0 aromatic carbocycles. The predicted molar refractivity (Wildman–Crippen MR) is 72.4 cm³/mol. The lowest BCUT2D eigenvalue weighted by Crippen LogP contribution is -2.36. The molecule has 0 N–H and O–H groups in total. The van der Waals surface area contributed by atoms with Gasteiger partial charge in [0.15, 0.2) is 0 Å². The van der Waals surface area contributed by atoms with Crippen molar-refractivity contribution in [3.8, 4) is 6.07 Å². The van der Waals surface area contributed by atoms with Crippen molar-refractivity contribution in [3.05, 3.63) is 24.0 Å². The van der Waals surface area contributed by atoms with E-state index in [0.717, 1.165) is 10.6 Å². The highest BCUT2D eigenvalue weighted by Gasteiger charge is 2.22. The molecule has 4 nitrogen and oxygen atoms in total. The number of hydrogen-bond donors (Lipinski definition) is 0. The lowest BCUT2D eigenvalue weighted by molar-refractivity contribution is 0.0752. The number of rotatable bonds is 5. The van der Waals surface area contributed by atoms with Crippen molar-refractivity contribution in [2.24, 2.45) is 0 Å². The van der Waals surface area contributed by atoms with Crippen LogP contribution < -0.4 is 0 Å². The van der Waals surface area contributed by atoms with Gasteiger partial charge in [-0.05, 0) is 24.3 Å². The summed E-state index contributed by atoms with van der Waals surface area (Å²) < 4.78 is 0. The van der Waals surface area contributed by atoms with E-state index >= 15 is 0 Å². The summed E-state index contributed by atoms with van der Waals surface area (Å²) in [5.41, 5.74) is 0.431. The molecule has 0 fully saturated rings. The smallest absolute Gasteiger partial charge is 0.274 e. The fourth-order valence-electron chi connectivity index (χ4n) is 1.58. The van der Waals surface area contributed by atoms with Crippen molar-refractivity contribution in [1.82, 2.24) is 9.88 Å². The second-order valence-corrected chi connectivity index (χ2v) is 5.06. The van der Waals surface area contributed by atoms with Crippen LogP contribution in [0, 0.1) is 11.3 Å². The monoisotopic (exact) mass is 263 g/mol. The SMILES string of the molecule is CCSc1cccnc1C(=O)N(C)C(C#N)CC. The van der Waals surface area contributed by atoms with Gasteiger partial charge in [0.1, 0.15) is 11.7 Å². The molecule has 1 aromatic heterocycles. The average Bonchev–Trinajstić information content (AvgIpc) is 2.40. The first-order chi connectivity index (χ1) is 8.65. The Morgan fingerprint density at radius 3 is 2.89 bits per heavy atom. The van der Waals surface area contributed by atoms with Gasteiger partial charge in [0.2, 0.25) is 0 Å². The molecule has 1 unspecified atom stereocenters. The van der Waals surface area contributed by atoms with E-state index in [1.807, 2.05) is 26.0 Å². The highest BCUT2D eigenvalue weighted by atomic mass is 32.2. The van der Waals surface area contributed by atoms with Crippen molar-refractivity contribution in [1.29, 1.82) is 5.26 Å². The van der Waals surface area contributed by atoms with Crippen molar-refractivity contribution in [3.63, 3.8) is 0 Å². The maximum Gasteiger partial charge on any atom is 0.274 e. The quantitative estimate of drug-likeness (QED) is 0.766. The first-order valence-corrected chi connectivity index (χ1v) is 6.88. The number of thioether (sulfide) groups is 1. The summed E-state index contributed by atoms with van der Waals surface area (Å²) in [5, 5.41) is 9.00. The third kappa shape index (κ3) is 3.23. The standard InChI is InChI=1S/C13H17N3OS/c1-4-10(9-14)16(3)13(17)12-11(18-5-2)7-6-8-15-12/h6-8,10H,4-5H2,1-3H3. The number of aromatic nitrogens is 1. The second-order valence-electron chi connectivity index (χ2n) is 3.75. The molecular formula is C13H17N3OS. The van der Waals surface area contributed by atoms with Gasteiger partial charge in [-0.25, -0.2) is 4.98 Å². The van der Waals surface area contributed by atoms with Crippen LogP contribution in [0.15, 0.2) is 23.2 Å². The number of amides is 1. The molecule has 18 heavy (non-hydrogen) atoms. The van der Waals surface area contributed by atoms with Crippen LogP contribution in [0.5, 0.6) is 0 Å². The number of carbonyl (C=O) groups excluding carboxylic acids is 1. The second kappa shape index (κ2) is 7.02. The fourth-order valence-corrected chi connectivity index (χ4v) is 2.35. The van der Waals surface area contributed by atoms with Crippen LogP contribution in [0.4, 0.5) is 0 Å². The molecule has 1 atom stereocenters. The van der Waals surface area contributed by atoms with E-state index in [9.17, 15) is 4.79 Å². The van der Waals surface area contributed by atoms with Crippen LogP contribution in [0.2, 0.25) is 0 Å². The largest absolute Gasteiger partial charge is 0.324 e. The summed E-state index contributed by atoms with van der Waals surface area (Å²) in [5.74, 6) is 0.686. The normalized spacial score (nSPS) is 11.7.